The van der Waals surface area contributed by atoms with Crippen molar-refractivity contribution in [2.24, 2.45) is 17.1 Å². The molecule has 1 fully saturated rings. The van der Waals surface area contributed by atoms with Gasteiger partial charge in [0.1, 0.15) is 6.04 Å². The molecule has 0 radical (unpaired) electrons. The fourth-order valence-corrected chi connectivity index (χ4v) is 2.90. The van der Waals surface area contributed by atoms with E-state index in [2.05, 4.69) is 10.6 Å². The van der Waals surface area contributed by atoms with Crippen LogP contribution in [0.25, 0.3) is 0 Å². The van der Waals surface area contributed by atoms with E-state index in [1.165, 1.54) is 0 Å². The highest BCUT2D eigenvalue weighted by molar-refractivity contribution is 7.80. The third kappa shape index (κ3) is 4.66. The lowest BCUT2D eigenvalue weighted by Crippen LogP contribution is -2.55. The molecular formula is C15H27N3O2S. The van der Waals surface area contributed by atoms with Gasteiger partial charge in [0, 0.05) is 6.54 Å². The molecule has 2 amide bonds. The fraction of sp³-hybridized carbons (Fsp3) is 0.800. The molecule has 0 aromatic carbocycles. The van der Waals surface area contributed by atoms with Crippen LogP contribution in [-0.4, -0.2) is 29.4 Å². The van der Waals surface area contributed by atoms with E-state index < -0.39 is 11.5 Å². The van der Waals surface area contributed by atoms with Gasteiger partial charge in [-0.05, 0) is 25.7 Å². The van der Waals surface area contributed by atoms with E-state index in [0.717, 1.165) is 19.3 Å². The van der Waals surface area contributed by atoms with Crippen LogP contribution in [0.4, 0.5) is 0 Å². The van der Waals surface area contributed by atoms with Gasteiger partial charge in [-0.15, -0.1) is 0 Å². The minimum absolute atomic E-state index is 0.175. The molecule has 4 N–H and O–H groups in total. The Morgan fingerprint density at radius 3 is 2.24 bits per heavy atom. The molecule has 0 aromatic heterocycles. The molecule has 0 spiro atoms. The van der Waals surface area contributed by atoms with E-state index >= 15 is 0 Å². The van der Waals surface area contributed by atoms with Gasteiger partial charge in [-0.3, -0.25) is 9.59 Å². The van der Waals surface area contributed by atoms with Crippen LogP contribution in [0.2, 0.25) is 0 Å². The number of thiocarbonyl (C=S) groups is 1. The Kier molecular flexibility index (Phi) is 6.58. The third-order valence-electron chi connectivity index (χ3n) is 4.04. The van der Waals surface area contributed by atoms with Crippen molar-refractivity contribution >= 4 is 29.0 Å². The Morgan fingerprint density at radius 1 is 1.19 bits per heavy atom. The summed E-state index contributed by atoms with van der Waals surface area (Å²) < 4.78 is 0. The highest BCUT2D eigenvalue weighted by Crippen LogP contribution is 2.37. The number of nitrogens with two attached hydrogens (primary N) is 1. The quantitative estimate of drug-likeness (QED) is 0.649. The molecule has 21 heavy (non-hydrogen) atoms. The maximum absolute atomic E-state index is 12.6. The van der Waals surface area contributed by atoms with Gasteiger partial charge in [-0.1, -0.05) is 45.3 Å². The van der Waals surface area contributed by atoms with Gasteiger partial charge in [0.15, 0.2) is 0 Å². The maximum Gasteiger partial charge on any atom is 0.242 e. The fourth-order valence-electron chi connectivity index (χ4n) is 2.60. The van der Waals surface area contributed by atoms with E-state index in [1.807, 2.05) is 13.8 Å². The predicted octanol–water partition coefficient (Wildman–Crippen LogP) is 1.50. The molecule has 5 nitrogen and oxygen atoms in total. The maximum atomic E-state index is 12.6. The second kappa shape index (κ2) is 7.73. The average Bonchev–Trinajstić information content (AvgIpc) is 2.44. The van der Waals surface area contributed by atoms with Crippen molar-refractivity contribution in [3.8, 4) is 0 Å². The van der Waals surface area contributed by atoms with Crippen molar-refractivity contribution in [1.29, 1.82) is 0 Å². The van der Waals surface area contributed by atoms with Gasteiger partial charge < -0.3 is 16.4 Å². The van der Waals surface area contributed by atoms with Crippen molar-refractivity contribution in [3.63, 3.8) is 0 Å². The van der Waals surface area contributed by atoms with Gasteiger partial charge in [0.05, 0.1) is 10.4 Å². The van der Waals surface area contributed by atoms with Gasteiger partial charge in [-0.25, -0.2) is 0 Å². The SMILES string of the molecule is CC(C)CNC(=O)C(C)NC(=O)C1(C(N)=S)CCCCC1. The molecule has 1 unspecified atom stereocenters. The normalized spacial score (nSPS) is 18.9. The smallest absolute Gasteiger partial charge is 0.242 e. The lowest BCUT2D eigenvalue weighted by atomic mass is 9.73. The van der Waals surface area contributed by atoms with Crippen LogP contribution in [0.3, 0.4) is 0 Å². The largest absolute Gasteiger partial charge is 0.392 e. The average molecular weight is 313 g/mol. The number of amides is 2. The Hall–Kier alpha value is -1.17. The first-order valence-corrected chi connectivity index (χ1v) is 8.09. The lowest BCUT2D eigenvalue weighted by Gasteiger charge is -2.35. The summed E-state index contributed by atoms with van der Waals surface area (Å²) in [6.07, 6.45) is 4.34. The van der Waals surface area contributed by atoms with E-state index in [9.17, 15) is 9.59 Å². The van der Waals surface area contributed by atoms with Crippen LogP contribution in [0.1, 0.15) is 52.9 Å². The van der Waals surface area contributed by atoms with Crippen molar-refractivity contribution in [1.82, 2.24) is 10.6 Å². The van der Waals surface area contributed by atoms with Crippen molar-refractivity contribution < 1.29 is 9.59 Å². The molecule has 0 saturated heterocycles. The molecule has 0 heterocycles. The summed E-state index contributed by atoms with van der Waals surface area (Å²) in [5.41, 5.74) is 5.05. The van der Waals surface area contributed by atoms with Crippen molar-refractivity contribution in [2.45, 2.75) is 58.9 Å². The number of carbonyl (C=O) groups is 2. The molecular weight excluding hydrogens is 286 g/mol. The van der Waals surface area contributed by atoms with E-state index in [-0.39, 0.29) is 16.8 Å². The molecule has 1 atom stereocenters. The summed E-state index contributed by atoms with van der Waals surface area (Å²) in [5, 5.41) is 5.59. The summed E-state index contributed by atoms with van der Waals surface area (Å²) in [6.45, 7) is 6.32. The zero-order valence-electron chi connectivity index (χ0n) is 13.2. The second-order valence-electron chi connectivity index (χ2n) is 6.34. The second-order valence-corrected chi connectivity index (χ2v) is 6.78. The summed E-state index contributed by atoms with van der Waals surface area (Å²) in [7, 11) is 0. The standard InChI is InChI=1S/C15H27N3O2S/c1-10(2)9-17-12(19)11(3)18-14(20)15(13(16)21)7-5-4-6-8-15/h10-11H,4-9H2,1-3H3,(H2,16,21)(H,17,19)(H,18,20). The van der Waals surface area contributed by atoms with E-state index in [4.69, 9.17) is 18.0 Å². The molecule has 0 aromatic rings. The van der Waals surface area contributed by atoms with Gasteiger partial charge in [-0.2, -0.15) is 0 Å². The summed E-state index contributed by atoms with van der Waals surface area (Å²) in [5.74, 6) is -0.00833. The molecule has 6 heteroatoms. The summed E-state index contributed by atoms with van der Waals surface area (Å²) in [6, 6.07) is -0.579. The highest BCUT2D eigenvalue weighted by Gasteiger charge is 2.43. The number of nitrogens with one attached hydrogen (secondary N) is 2. The summed E-state index contributed by atoms with van der Waals surface area (Å²) >= 11 is 5.12. The Balaban J connectivity index is 2.65. The van der Waals surface area contributed by atoms with Crippen LogP contribution in [-0.2, 0) is 9.59 Å². The topological polar surface area (TPSA) is 84.2 Å². The first-order chi connectivity index (χ1) is 9.79. The zero-order valence-corrected chi connectivity index (χ0v) is 14.0. The zero-order chi connectivity index (χ0) is 16.0. The first kappa shape index (κ1) is 17.9. The van der Waals surface area contributed by atoms with Crippen molar-refractivity contribution in [2.75, 3.05) is 6.54 Å². The summed E-state index contributed by atoms with van der Waals surface area (Å²) in [4.78, 5) is 24.8. The Labute approximate surface area is 132 Å². The van der Waals surface area contributed by atoms with E-state index in [0.29, 0.717) is 25.3 Å². The number of hydrogen-bond acceptors (Lipinski definition) is 3. The van der Waals surface area contributed by atoms with Crippen molar-refractivity contribution in [3.05, 3.63) is 0 Å². The minimum atomic E-state index is -0.778. The number of carbonyl (C=O) groups excluding carboxylic acids is 2. The van der Waals surface area contributed by atoms with Crippen LogP contribution in [0.15, 0.2) is 0 Å². The lowest BCUT2D eigenvalue weighted by molar-refractivity contribution is -0.133. The molecule has 0 aliphatic heterocycles. The molecule has 1 aliphatic carbocycles. The van der Waals surface area contributed by atoms with Crippen LogP contribution in [0.5, 0.6) is 0 Å². The van der Waals surface area contributed by atoms with Crippen LogP contribution < -0.4 is 16.4 Å². The van der Waals surface area contributed by atoms with Gasteiger partial charge in [0.25, 0.3) is 0 Å². The van der Waals surface area contributed by atoms with E-state index in [1.54, 1.807) is 6.92 Å². The van der Waals surface area contributed by atoms with Gasteiger partial charge >= 0.3 is 0 Å². The molecule has 1 saturated carbocycles. The molecule has 1 aliphatic rings. The van der Waals surface area contributed by atoms with Crippen LogP contribution in [0, 0.1) is 11.3 Å². The number of rotatable bonds is 6. The highest BCUT2D eigenvalue weighted by atomic mass is 32.1. The minimum Gasteiger partial charge on any atom is -0.392 e. The third-order valence-corrected chi connectivity index (χ3v) is 4.43. The Bertz CT molecular complexity index is 404. The first-order valence-electron chi connectivity index (χ1n) is 7.68. The monoisotopic (exact) mass is 313 g/mol. The molecule has 1 rings (SSSR count). The Morgan fingerprint density at radius 2 is 1.76 bits per heavy atom. The molecule has 120 valence electrons. The van der Waals surface area contributed by atoms with Crippen LogP contribution >= 0.6 is 12.2 Å². The molecule has 0 bridgehead atoms. The number of hydrogen-bond donors (Lipinski definition) is 3. The predicted molar refractivity (Wildman–Crippen MR) is 87.8 cm³/mol. The van der Waals surface area contributed by atoms with Gasteiger partial charge in [0.2, 0.25) is 11.8 Å².